The minimum Gasteiger partial charge on any atom is -0.497 e. The number of benzene rings is 3. The number of sulfonamides is 1. The Balaban J connectivity index is 1.46. The van der Waals surface area contributed by atoms with Crippen LogP contribution in [0, 0.1) is 6.92 Å². The second kappa shape index (κ2) is 8.77. The summed E-state index contributed by atoms with van der Waals surface area (Å²) < 4.78 is 39.7. The van der Waals surface area contributed by atoms with Crippen molar-refractivity contribution in [2.45, 2.75) is 24.8 Å². The minimum atomic E-state index is -3.63. The number of amidine groups is 1. The number of piperazine rings is 1. The summed E-state index contributed by atoms with van der Waals surface area (Å²) in [7, 11) is -2.07. The zero-order chi connectivity index (χ0) is 23.9. The average molecular weight is 478 g/mol. The molecule has 8 heteroatoms. The first-order valence-corrected chi connectivity index (χ1v) is 12.7. The number of aryl methyl sites for hydroxylation is 1. The number of hydrogen-bond acceptors (Lipinski definition) is 6. The lowest BCUT2D eigenvalue weighted by Crippen LogP contribution is -2.55. The number of fused-ring (bicyclic) bond motifs is 2. The third kappa shape index (κ3) is 4.03. The zero-order valence-electron chi connectivity index (χ0n) is 19.4. The Morgan fingerprint density at radius 2 is 1.76 bits per heavy atom. The molecular formula is C26H27N3O4S. The van der Waals surface area contributed by atoms with Gasteiger partial charge in [-0.25, -0.2) is 13.4 Å². The lowest BCUT2D eigenvalue weighted by atomic mass is 10.1. The van der Waals surface area contributed by atoms with Gasteiger partial charge in [0, 0.05) is 25.7 Å². The molecule has 1 fully saturated rings. The molecule has 0 bridgehead atoms. The van der Waals surface area contributed by atoms with Gasteiger partial charge in [-0.15, -0.1) is 0 Å². The van der Waals surface area contributed by atoms with E-state index in [0.29, 0.717) is 31.1 Å². The molecular weight excluding hydrogens is 450 g/mol. The number of ether oxygens (including phenoxy) is 2. The van der Waals surface area contributed by atoms with Crippen molar-refractivity contribution in [2.24, 2.45) is 4.99 Å². The van der Waals surface area contributed by atoms with Gasteiger partial charge in [0.1, 0.15) is 23.0 Å². The molecule has 5 rings (SSSR count). The molecule has 0 aliphatic carbocycles. The largest absolute Gasteiger partial charge is 0.497 e. The van der Waals surface area contributed by atoms with Gasteiger partial charge < -0.3 is 14.4 Å². The minimum absolute atomic E-state index is 0.240. The molecule has 0 aromatic heterocycles. The number of rotatable bonds is 3. The van der Waals surface area contributed by atoms with Crippen LogP contribution in [0.15, 0.2) is 76.6 Å². The van der Waals surface area contributed by atoms with Gasteiger partial charge in [-0.1, -0.05) is 23.8 Å². The van der Waals surface area contributed by atoms with E-state index in [2.05, 4.69) is 11.0 Å². The molecule has 0 N–H and O–H groups in total. The van der Waals surface area contributed by atoms with E-state index in [1.807, 2.05) is 50.2 Å². The molecule has 1 saturated heterocycles. The number of para-hydroxylation sites is 2. The van der Waals surface area contributed by atoms with Gasteiger partial charge in [0.25, 0.3) is 0 Å². The van der Waals surface area contributed by atoms with Crippen molar-refractivity contribution >= 4 is 21.5 Å². The van der Waals surface area contributed by atoms with Crippen molar-refractivity contribution < 1.29 is 17.9 Å². The summed E-state index contributed by atoms with van der Waals surface area (Å²) in [5.74, 6) is 2.88. The Hall–Kier alpha value is -3.36. The summed E-state index contributed by atoms with van der Waals surface area (Å²) in [6.45, 7) is 5.38. The zero-order valence-corrected chi connectivity index (χ0v) is 20.2. The van der Waals surface area contributed by atoms with Crippen LogP contribution in [0.1, 0.15) is 18.1 Å². The van der Waals surface area contributed by atoms with E-state index in [4.69, 9.17) is 14.5 Å². The summed E-state index contributed by atoms with van der Waals surface area (Å²) in [6, 6.07) is 20.1. The molecule has 3 aromatic carbocycles. The van der Waals surface area contributed by atoms with Crippen LogP contribution in [0.3, 0.4) is 0 Å². The van der Waals surface area contributed by atoms with Crippen molar-refractivity contribution in [3.8, 4) is 17.2 Å². The molecule has 0 radical (unpaired) electrons. The van der Waals surface area contributed by atoms with E-state index in [-0.39, 0.29) is 10.9 Å². The molecule has 176 valence electrons. The maximum atomic E-state index is 13.4. The highest BCUT2D eigenvalue weighted by Crippen LogP contribution is 2.38. The summed E-state index contributed by atoms with van der Waals surface area (Å²) in [5.41, 5.74) is 2.77. The molecule has 1 atom stereocenters. The first-order valence-electron chi connectivity index (χ1n) is 11.2. The van der Waals surface area contributed by atoms with Gasteiger partial charge in [0.05, 0.1) is 17.6 Å². The van der Waals surface area contributed by atoms with E-state index in [0.717, 1.165) is 28.4 Å². The summed E-state index contributed by atoms with van der Waals surface area (Å²) in [4.78, 5) is 7.41. The fourth-order valence-corrected chi connectivity index (χ4v) is 6.06. The number of methoxy groups -OCH3 is 1. The van der Waals surface area contributed by atoms with E-state index in [9.17, 15) is 8.42 Å². The van der Waals surface area contributed by atoms with Crippen molar-refractivity contribution in [3.63, 3.8) is 0 Å². The summed E-state index contributed by atoms with van der Waals surface area (Å²) in [6.07, 6.45) is 0. The molecule has 2 heterocycles. The standard InChI is InChI=1S/C26H27N3O4S/c1-18-8-13-24-22(16-18)26(27-23-6-4-5-7-25(23)33-24)28-14-15-29(19(2)17-28)34(30,31)21-11-9-20(32-3)10-12-21/h4-13,16,19H,14-15,17H2,1-3H3. The van der Waals surface area contributed by atoms with Gasteiger partial charge in [-0.2, -0.15) is 4.31 Å². The van der Waals surface area contributed by atoms with Gasteiger partial charge in [0.15, 0.2) is 5.75 Å². The van der Waals surface area contributed by atoms with Crippen LogP contribution in [0.5, 0.6) is 17.2 Å². The Bertz CT molecular complexity index is 1350. The van der Waals surface area contributed by atoms with E-state index < -0.39 is 10.0 Å². The first kappa shape index (κ1) is 22.4. The molecule has 0 spiro atoms. The van der Waals surface area contributed by atoms with Crippen LogP contribution in [0.4, 0.5) is 5.69 Å². The van der Waals surface area contributed by atoms with E-state index >= 15 is 0 Å². The molecule has 2 aliphatic rings. The van der Waals surface area contributed by atoms with Gasteiger partial charge >= 0.3 is 0 Å². The third-order valence-electron chi connectivity index (χ3n) is 6.22. The quantitative estimate of drug-likeness (QED) is 0.552. The first-order chi connectivity index (χ1) is 16.4. The molecule has 0 amide bonds. The second-order valence-corrected chi connectivity index (χ2v) is 10.5. The molecule has 0 saturated carbocycles. The van der Waals surface area contributed by atoms with E-state index in [1.165, 1.54) is 0 Å². The smallest absolute Gasteiger partial charge is 0.243 e. The van der Waals surface area contributed by atoms with Crippen LogP contribution in [0.2, 0.25) is 0 Å². The predicted molar refractivity (Wildman–Crippen MR) is 132 cm³/mol. The van der Waals surface area contributed by atoms with Crippen molar-refractivity contribution in [2.75, 3.05) is 26.7 Å². The lowest BCUT2D eigenvalue weighted by molar-refractivity contribution is 0.205. The maximum Gasteiger partial charge on any atom is 0.243 e. The van der Waals surface area contributed by atoms with Gasteiger partial charge in [0.2, 0.25) is 10.0 Å². The number of nitrogens with zero attached hydrogens (tertiary/aromatic N) is 3. The Morgan fingerprint density at radius 1 is 1.00 bits per heavy atom. The van der Waals surface area contributed by atoms with Crippen LogP contribution in [-0.2, 0) is 10.0 Å². The summed E-state index contributed by atoms with van der Waals surface area (Å²) in [5, 5.41) is 0. The fourth-order valence-electron chi connectivity index (χ4n) is 4.45. The molecule has 7 nitrogen and oxygen atoms in total. The van der Waals surface area contributed by atoms with Gasteiger partial charge in [-0.05, 0) is 62.4 Å². The number of hydrogen-bond donors (Lipinski definition) is 0. The molecule has 2 aliphatic heterocycles. The van der Waals surface area contributed by atoms with Crippen molar-refractivity contribution in [3.05, 3.63) is 77.9 Å². The Morgan fingerprint density at radius 3 is 2.50 bits per heavy atom. The highest BCUT2D eigenvalue weighted by Gasteiger charge is 2.36. The SMILES string of the molecule is COc1ccc(S(=O)(=O)N2CCN(C3=Nc4ccccc4Oc4ccc(C)cc43)CC2C)cc1. The topological polar surface area (TPSA) is 71.4 Å². The fraction of sp³-hybridized carbons (Fsp3) is 0.269. The molecule has 1 unspecified atom stereocenters. The average Bonchev–Trinajstić information content (AvgIpc) is 3.00. The highest BCUT2D eigenvalue weighted by molar-refractivity contribution is 7.89. The van der Waals surface area contributed by atoms with Crippen molar-refractivity contribution in [1.82, 2.24) is 9.21 Å². The third-order valence-corrected chi connectivity index (χ3v) is 8.25. The predicted octanol–water partition coefficient (Wildman–Crippen LogP) is 4.58. The van der Waals surface area contributed by atoms with Crippen LogP contribution >= 0.6 is 0 Å². The van der Waals surface area contributed by atoms with Crippen LogP contribution in [-0.4, -0.2) is 56.2 Å². The molecule has 3 aromatic rings. The Labute approximate surface area is 200 Å². The highest BCUT2D eigenvalue weighted by atomic mass is 32.2. The van der Waals surface area contributed by atoms with Gasteiger partial charge in [-0.3, -0.25) is 0 Å². The number of aliphatic imine (C=N–C) groups is 1. The van der Waals surface area contributed by atoms with E-state index in [1.54, 1.807) is 35.7 Å². The second-order valence-electron chi connectivity index (χ2n) is 8.59. The van der Waals surface area contributed by atoms with Crippen LogP contribution in [0.25, 0.3) is 0 Å². The molecule has 34 heavy (non-hydrogen) atoms. The van der Waals surface area contributed by atoms with Crippen LogP contribution < -0.4 is 9.47 Å². The summed E-state index contributed by atoms with van der Waals surface area (Å²) >= 11 is 0. The lowest BCUT2D eigenvalue weighted by Gasteiger charge is -2.40. The van der Waals surface area contributed by atoms with Crippen molar-refractivity contribution in [1.29, 1.82) is 0 Å². The normalized spacial score (nSPS) is 18.3. The maximum absolute atomic E-state index is 13.4. The Kier molecular flexibility index (Phi) is 5.79. The monoisotopic (exact) mass is 477 g/mol.